The number of esters is 1. The third-order valence-electron chi connectivity index (χ3n) is 6.94. The molecule has 4 atom stereocenters. The van der Waals surface area contributed by atoms with Gasteiger partial charge in [0.15, 0.2) is 6.10 Å². The highest BCUT2D eigenvalue weighted by Crippen LogP contribution is 2.44. The Morgan fingerprint density at radius 1 is 0.919 bits per heavy atom. The fourth-order valence-electron chi connectivity index (χ4n) is 5.04. The van der Waals surface area contributed by atoms with Crippen molar-refractivity contribution in [1.29, 1.82) is 0 Å². The summed E-state index contributed by atoms with van der Waals surface area (Å²) in [6.45, 7) is 3.40. The van der Waals surface area contributed by atoms with Gasteiger partial charge in [-0.05, 0) is 30.5 Å². The van der Waals surface area contributed by atoms with Gasteiger partial charge in [-0.2, -0.15) is 0 Å². The SMILES string of the molecule is CC1(C)C(C(=O)OC(c2ccccc2)c2ccccc2)N2C(=O)[C@@H](NC(=O)Cc3ccccc3)C2S1=O. The smallest absolute Gasteiger partial charge is 0.331 e. The number of ether oxygens (including phenoxy) is 1. The predicted molar refractivity (Wildman–Crippen MR) is 140 cm³/mol. The van der Waals surface area contributed by atoms with Gasteiger partial charge in [-0.25, -0.2) is 4.79 Å². The van der Waals surface area contributed by atoms with Crippen LogP contribution < -0.4 is 5.32 Å². The van der Waals surface area contributed by atoms with E-state index in [1.165, 1.54) is 4.90 Å². The van der Waals surface area contributed by atoms with E-state index < -0.39 is 51.0 Å². The summed E-state index contributed by atoms with van der Waals surface area (Å²) in [4.78, 5) is 40.8. The van der Waals surface area contributed by atoms with Crippen LogP contribution in [0, 0.1) is 0 Å². The van der Waals surface area contributed by atoms with Crippen LogP contribution in [0.2, 0.25) is 0 Å². The summed E-state index contributed by atoms with van der Waals surface area (Å²) in [6.07, 6.45) is -0.578. The first-order valence-corrected chi connectivity index (χ1v) is 13.4. The van der Waals surface area contributed by atoms with Gasteiger partial charge >= 0.3 is 5.97 Å². The number of rotatable bonds is 7. The molecule has 7 nitrogen and oxygen atoms in total. The summed E-state index contributed by atoms with van der Waals surface area (Å²) in [5.74, 6) is -1.39. The van der Waals surface area contributed by atoms with Gasteiger partial charge in [0.25, 0.3) is 0 Å². The molecule has 8 heteroatoms. The molecule has 2 aliphatic rings. The van der Waals surface area contributed by atoms with E-state index in [0.29, 0.717) is 0 Å². The minimum Gasteiger partial charge on any atom is -0.451 e. The van der Waals surface area contributed by atoms with Gasteiger partial charge in [0.2, 0.25) is 11.8 Å². The van der Waals surface area contributed by atoms with Crippen LogP contribution in [0.3, 0.4) is 0 Å². The maximum Gasteiger partial charge on any atom is 0.331 e. The summed E-state index contributed by atoms with van der Waals surface area (Å²) < 4.78 is 18.5. The number of fused-ring (bicyclic) bond motifs is 1. The van der Waals surface area contributed by atoms with E-state index in [1.54, 1.807) is 13.8 Å². The Hall–Kier alpha value is -3.78. The van der Waals surface area contributed by atoms with Crippen LogP contribution in [0.1, 0.15) is 36.6 Å². The van der Waals surface area contributed by atoms with Gasteiger partial charge in [0.1, 0.15) is 17.5 Å². The van der Waals surface area contributed by atoms with Crippen LogP contribution in [0.15, 0.2) is 91.0 Å². The summed E-state index contributed by atoms with van der Waals surface area (Å²) in [7, 11) is -1.60. The largest absolute Gasteiger partial charge is 0.451 e. The molecule has 2 amide bonds. The Morgan fingerprint density at radius 3 is 1.97 bits per heavy atom. The standard InChI is InChI=1S/C29H28N2O5S/c1-29(2)25(28(34)36-24(20-14-8-4-9-15-20)21-16-10-5-11-17-21)31-26(33)23(27(31)37(29)35)30-22(32)18-19-12-6-3-7-13-19/h3-17,23-25,27H,18H2,1-2H3,(H,30,32)/t23-,25?,27?,37?/m1/s1. The Morgan fingerprint density at radius 2 is 1.43 bits per heavy atom. The van der Waals surface area contributed by atoms with Crippen molar-refractivity contribution in [2.24, 2.45) is 0 Å². The van der Waals surface area contributed by atoms with Crippen molar-refractivity contribution in [3.05, 3.63) is 108 Å². The zero-order valence-corrected chi connectivity index (χ0v) is 21.4. The quantitative estimate of drug-likeness (QED) is 0.385. The molecule has 190 valence electrons. The molecule has 2 aliphatic heterocycles. The molecule has 0 aromatic heterocycles. The van der Waals surface area contributed by atoms with Crippen molar-refractivity contribution >= 4 is 28.6 Å². The molecule has 37 heavy (non-hydrogen) atoms. The minimum absolute atomic E-state index is 0.106. The summed E-state index contributed by atoms with van der Waals surface area (Å²) in [6, 6.07) is 25.9. The summed E-state index contributed by atoms with van der Waals surface area (Å²) >= 11 is 0. The van der Waals surface area contributed by atoms with Crippen LogP contribution in [0.25, 0.3) is 0 Å². The molecular formula is C29H28N2O5S. The van der Waals surface area contributed by atoms with E-state index in [4.69, 9.17) is 4.74 Å². The molecule has 3 aromatic carbocycles. The van der Waals surface area contributed by atoms with Gasteiger partial charge < -0.3 is 15.0 Å². The predicted octanol–water partition coefficient (Wildman–Crippen LogP) is 3.12. The van der Waals surface area contributed by atoms with Gasteiger partial charge in [0.05, 0.1) is 22.0 Å². The molecule has 2 fully saturated rings. The van der Waals surface area contributed by atoms with Gasteiger partial charge in [0, 0.05) is 0 Å². The fourth-order valence-corrected chi connectivity index (χ4v) is 6.96. The normalized spacial score (nSPS) is 23.8. The zero-order chi connectivity index (χ0) is 26.2. The highest BCUT2D eigenvalue weighted by Gasteiger charge is 2.68. The molecule has 2 heterocycles. The average Bonchev–Trinajstić information content (AvgIpc) is 3.10. The number of amides is 2. The Kier molecular flexibility index (Phi) is 6.69. The van der Waals surface area contributed by atoms with Gasteiger partial charge in [-0.15, -0.1) is 0 Å². The molecule has 0 aliphatic carbocycles. The molecule has 3 unspecified atom stereocenters. The molecule has 5 rings (SSSR count). The van der Waals surface area contributed by atoms with E-state index >= 15 is 0 Å². The molecule has 0 bridgehead atoms. The second kappa shape index (κ2) is 9.94. The minimum atomic E-state index is -1.60. The van der Waals surface area contributed by atoms with E-state index in [1.807, 2.05) is 91.0 Å². The van der Waals surface area contributed by atoms with E-state index in [9.17, 15) is 18.6 Å². The topological polar surface area (TPSA) is 92.8 Å². The van der Waals surface area contributed by atoms with Crippen molar-refractivity contribution in [3.8, 4) is 0 Å². The van der Waals surface area contributed by atoms with Gasteiger partial charge in [-0.1, -0.05) is 91.0 Å². The Bertz CT molecular complexity index is 1290. The second-order valence-corrected chi connectivity index (χ2v) is 11.9. The molecular weight excluding hydrogens is 488 g/mol. The van der Waals surface area contributed by atoms with E-state index in [-0.39, 0.29) is 12.3 Å². The molecule has 2 saturated heterocycles. The molecule has 0 spiro atoms. The fraction of sp³-hybridized carbons (Fsp3) is 0.276. The van der Waals surface area contributed by atoms with Crippen LogP contribution in [-0.2, 0) is 36.3 Å². The third kappa shape index (κ3) is 4.57. The van der Waals surface area contributed by atoms with Crippen molar-refractivity contribution in [2.75, 3.05) is 0 Å². The third-order valence-corrected chi connectivity index (χ3v) is 9.14. The number of carbonyl (C=O) groups is 3. The molecule has 0 saturated carbocycles. The van der Waals surface area contributed by atoms with Crippen molar-refractivity contribution in [1.82, 2.24) is 10.2 Å². The monoisotopic (exact) mass is 516 g/mol. The van der Waals surface area contributed by atoms with E-state index in [0.717, 1.165) is 16.7 Å². The molecule has 3 aromatic rings. The lowest BCUT2D eigenvalue weighted by atomic mass is 9.95. The first-order chi connectivity index (χ1) is 17.8. The lowest BCUT2D eigenvalue weighted by Gasteiger charge is -2.43. The van der Waals surface area contributed by atoms with Crippen molar-refractivity contribution < 1.29 is 23.3 Å². The molecule has 0 radical (unpaired) electrons. The number of hydrogen-bond donors (Lipinski definition) is 1. The van der Waals surface area contributed by atoms with Crippen molar-refractivity contribution in [2.45, 2.75) is 48.6 Å². The maximum absolute atomic E-state index is 13.6. The maximum atomic E-state index is 13.6. The summed E-state index contributed by atoms with van der Waals surface area (Å²) in [5.41, 5.74) is 2.39. The molecule has 1 N–H and O–H groups in total. The highest BCUT2D eigenvalue weighted by molar-refractivity contribution is 7.87. The number of carbonyl (C=O) groups excluding carboxylic acids is 3. The lowest BCUT2D eigenvalue weighted by molar-refractivity contribution is -0.166. The Balaban J connectivity index is 1.35. The lowest BCUT2D eigenvalue weighted by Crippen LogP contribution is -2.71. The van der Waals surface area contributed by atoms with Crippen LogP contribution >= 0.6 is 0 Å². The highest BCUT2D eigenvalue weighted by atomic mass is 32.2. The first-order valence-electron chi connectivity index (χ1n) is 12.2. The number of benzene rings is 3. The van der Waals surface area contributed by atoms with Crippen molar-refractivity contribution in [3.63, 3.8) is 0 Å². The average molecular weight is 517 g/mol. The van der Waals surface area contributed by atoms with Crippen LogP contribution in [0.5, 0.6) is 0 Å². The van der Waals surface area contributed by atoms with Crippen LogP contribution in [-0.4, -0.2) is 49.1 Å². The zero-order valence-electron chi connectivity index (χ0n) is 20.6. The number of nitrogens with one attached hydrogen (secondary N) is 1. The van der Waals surface area contributed by atoms with Crippen LogP contribution in [0.4, 0.5) is 0 Å². The Labute approximate surface area is 218 Å². The second-order valence-electron chi connectivity index (χ2n) is 9.79. The summed E-state index contributed by atoms with van der Waals surface area (Å²) in [5, 5.41) is 1.95. The first kappa shape index (κ1) is 24.9. The number of nitrogens with zero attached hydrogens (tertiary/aromatic N) is 1. The number of β-lactam (4-membered cyclic amide) rings is 1. The van der Waals surface area contributed by atoms with Gasteiger partial charge in [-0.3, -0.25) is 13.8 Å². The number of hydrogen-bond acceptors (Lipinski definition) is 5. The van der Waals surface area contributed by atoms with E-state index in [2.05, 4.69) is 5.32 Å².